The first-order valence-electron chi connectivity index (χ1n) is 4.32. The Hall–Kier alpha value is -0.610. The predicted molar refractivity (Wildman–Crippen MR) is 45.7 cm³/mol. The van der Waals surface area contributed by atoms with Gasteiger partial charge in [-0.15, -0.1) is 0 Å². The molecule has 0 unspecified atom stereocenters. The Labute approximate surface area is 72.3 Å². The van der Waals surface area contributed by atoms with E-state index >= 15 is 0 Å². The van der Waals surface area contributed by atoms with Crippen LogP contribution in [-0.4, -0.2) is 34.7 Å². The highest BCUT2D eigenvalue weighted by Gasteiger charge is 2.35. The third-order valence-electron chi connectivity index (χ3n) is 2.45. The summed E-state index contributed by atoms with van der Waals surface area (Å²) in [6.07, 6.45) is 3.30. The molecule has 12 heavy (non-hydrogen) atoms. The Kier molecular flexibility index (Phi) is 2.69. The number of rotatable bonds is 2. The maximum atomic E-state index is 10.8. The fraction of sp³-hybridized carbons (Fsp3) is 0.875. The van der Waals surface area contributed by atoms with Crippen LogP contribution in [0.4, 0.5) is 0 Å². The van der Waals surface area contributed by atoms with Gasteiger partial charge in [-0.1, -0.05) is 6.42 Å². The molecule has 0 bridgehead atoms. The Morgan fingerprint density at radius 2 is 1.92 bits per heavy atom. The quantitative estimate of drug-likeness (QED) is 0.625. The summed E-state index contributed by atoms with van der Waals surface area (Å²) >= 11 is 0. The van der Waals surface area contributed by atoms with Crippen LogP contribution in [0.25, 0.3) is 0 Å². The SMILES string of the molecule is C[C@](N)(C(=O)O)N1CCCCC1. The van der Waals surface area contributed by atoms with Crippen LogP contribution >= 0.6 is 0 Å². The van der Waals surface area contributed by atoms with Gasteiger partial charge in [-0.3, -0.25) is 4.90 Å². The minimum atomic E-state index is -1.18. The molecule has 0 aromatic carbocycles. The number of carbonyl (C=O) groups is 1. The van der Waals surface area contributed by atoms with E-state index in [1.54, 1.807) is 6.92 Å². The van der Waals surface area contributed by atoms with Gasteiger partial charge in [0.2, 0.25) is 0 Å². The lowest BCUT2D eigenvalue weighted by Crippen LogP contribution is -2.60. The molecular formula is C8H16N2O2. The average molecular weight is 172 g/mol. The molecule has 0 aliphatic carbocycles. The number of carboxylic acid groups (broad SMARTS) is 1. The predicted octanol–water partition coefficient (Wildman–Crippen LogP) is 0.232. The summed E-state index contributed by atoms with van der Waals surface area (Å²) in [5.74, 6) is -0.940. The number of nitrogens with two attached hydrogens (primary N) is 1. The highest BCUT2D eigenvalue weighted by atomic mass is 16.4. The van der Waals surface area contributed by atoms with Crippen LogP contribution in [0.3, 0.4) is 0 Å². The van der Waals surface area contributed by atoms with Gasteiger partial charge in [0, 0.05) is 13.1 Å². The lowest BCUT2D eigenvalue weighted by molar-refractivity contribution is -0.150. The summed E-state index contributed by atoms with van der Waals surface area (Å²) in [7, 11) is 0. The van der Waals surface area contributed by atoms with Crippen molar-refractivity contribution in [2.45, 2.75) is 31.8 Å². The normalized spacial score (nSPS) is 24.8. The van der Waals surface area contributed by atoms with Gasteiger partial charge in [0.25, 0.3) is 0 Å². The standard InChI is InChI=1S/C8H16N2O2/c1-8(9,7(11)12)10-5-3-2-4-6-10/h2-6,9H2,1H3,(H,11,12)/t8-/m1/s1. The summed E-state index contributed by atoms with van der Waals surface area (Å²) in [6, 6.07) is 0. The number of likely N-dealkylation sites (tertiary alicyclic amines) is 1. The molecule has 0 saturated carbocycles. The van der Waals surface area contributed by atoms with Crippen molar-refractivity contribution in [2.75, 3.05) is 13.1 Å². The minimum absolute atomic E-state index is 0.805. The zero-order valence-electron chi connectivity index (χ0n) is 7.42. The summed E-state index contributed by atoms with van der Waals surface area (Å²) < 4.78 is 0. The molecule has 1 aliphatic rings. The van der Waals surface area contributed by atoms with Crippen molar-refractivity contribution in [3.05, 3.63) is 0 Å². The lowest BCUT2D eigenvalue weighted by atomic mass is 10.1. The fourth-order valence-corrected chi connectivity index (χ4v) is 1.49. The van der Waals surface area contributed by atoms with Crippen molar-refractivity contribution < 1.29 is 9.90 Å². The largest absolute Gasteiger partial charge is 0.479 e. The van der Waals surface area contributed by atoms with Gasteiger partial charge in [0.05, 0.1) is 0 Å². The van der Waals surface area contributed by atoms with Crippen LogP contribution in [0.15, 0.2) is 0 Å². The molecule has 0 aromatic rings. The van der Waals surface area contributed by atoms with E-state index in [-0.39, 0.29) is 0 Å². The van der Waals surface area contributed by atoms with E-state index in [1.807, 2.05) is 4.90 Å². The highest BCUT2D eigenvalue weighted by molar-refractivity contribution is 5.77. The van der Waals surface area contributed by atoms with Crippen molar-refractivity contribution in [3.63, 3.8) is 0 Å². The smallest absolute Gasteiger partial charge is 0.338 e. The molecule has 0 radical (unpaired) electrons. The molecule has 1 heterocycles. The molecule has 4 heteroatoms. The van der Waals surface area contributed by atoms with Crippen LogP contribution in [-0.2, 0) is 4.79 Å². The first-order chi connectivity index (χ1) is 5.55. The van der Waals surface area contributed by atoms with Gasteiger partial charge < -0.3 is 10.8 Å². The van der Waals surface area contributed by atoms with E-state index in [0.717, 1.165) is 25.9 Å². The number of piperidine rings is 1. The number of hydrogen-bond donors (Lipinski definition) is 2. The van der Waals surface area contributed by atoms with Crippen LogP contribution in [0, 0.1) is 0 Å². The fourth-order valence-electron chi connectivity index (χ4n) is 1.49. The number of hydrogen-bond acceptors (Lipinski definition) is 3. The first-order valence-corrected chi connectivity index (χ1v) is 4.32. The van der Waals surface area contributed by atoms with Gasteiger partial charge in [0.1, 0.15) is 0 Å². The molecule has 0 spiro atoms. The molecular weight excluding hydrogens is 156 g/mol. The molecule has 3 N–H and O–H groups in total. The molecule has 1 saturated heterocycles. The summed E-state index contributed by atoms with van der Waals surface area (Å²) in [5, 5.41) is 8.83. The van der Waals surface area contributed by atoms with Crippen LogP contribution in [0.5, 0.6) is 0 Å². The molecule has 70 valence electrons. The zero-order valence-corrected chi connectivity index (χ0v) is 7.42. The van der Waals surface area contributed by atoms with Gasteiger partial charge in [-0.05, 0) is 19.8 Å². The third kappa shape index (κ3) is 1.76. The first kappa shape index (κ1) is 9.48. The second kappa shape index (κ2) is 3.41. The Morgan fingerprint density at radius 1 is 1.42 bits per heavy atom. The van der Waals surface area contributed by atoms with Crippen LogP contribution in [0.1, 0.15) is 26.2 Å². The molecule has 1 aliphatic heterocycles. The van der Waals surface area contributed by atoms with E-state index in [0.29, 0.717) is 0 Å². The molecule has 1 fully saturated rings. The monoisotopic (exact) mass is 172 g/mol. The van der Waals surface area contributed by atoms with Crippen molar-refractivity contribution in [1.29, 1.82) is 0 Å². The third-order valence-corrected chi connectivity index (χ3v) is 2.45. The average Bonchev–Trinajstić information content (AvgIpc) is 2.06. The molecule has 4 nitrogen and oxygen atoms in total. The lowest BCUT2D eigenvalue weighted by Gasteiger charge is -2.37. The maximum Gasteiger partial charge on any atom is 0.338 e. The van der Waals surface area contributed by atoms with Gasteiger partial charge in [0.15, 0.2) is 5.66 Å². The second-order valence-corrected chi connectivity index (χ2v) is 3.50. The number of nitrogens with zero attached hydrogens (tertiary/aromatic N) is 1. The van der Waals surface area contributed by atoms with Crippen molar-refractivity contribution in [1.82, 2.24) is 4.90 Å². The van der Waals surface area contributed by atoms with Crippen LogP contribution < -0.4 is 5.73 Å². The second-order valence-electron chi connectivity index (χ2n) is 3.50. The van der Waals surface area contributed by atoms with E-state index in [4.69, 9.17) is 10.8 Å². The Balaban J connectivity index is 2.59. The van der Waals surface area contributed by atoms with E-state index in [2.05, 4.69) is 0 Å². The van der Waals surface area contributed by atoms with Crippen molar-refractivity contribution >= 4 is 5.97 Å². The molecule has 0 amide bonds. The van der Waals surface area contributed by atoms with Crippen LogP contribution in [0.2, 0.25) is 0 Å². The van der Waals surface area contributed by atoms with Gasteiger partial charge in [-0.2, -0.15) is 0 Å². The van der Waals surface area contributed by atoms with E-state index < -0.39 is 11.6 Å². The van der Waals surface area contributed by atoms with E-state index in [9.17, 15) is 4.79 Å². The summed E-state index contributed by atoms with van der Waals surface area (Å²) in [5.41, 5.74) is 4.48. The zero-order chi connectivity index (χ0) is 9.19. The van der Waals surface area contributed by atoms with Crippen molar-refractivity contribution in [2.24, 2.45) is 5.73 Å². The van der Waals surface area contributed by atoms with E-state index in [1.165, 1.54) is 6.42 Å². The topological polar surface area (TPSA) is 66.6 Å². The van der Waals surface area contributed by atoms with Gasteiger partial charge in [-0.25, -0.2) is 4.79 Å². The maximum absolute atomic E-state index is 10.8. The number of carboxylic acids is 1. The Bertz CT molecular complexity index is 174. The number of aliphatic carboxylic acids is 1. The molecule has 0 aromatic heterocycles. The van der Waals surface area contributed by atoms with Crippen molar-refractivity contribution in [3.8, 4) is 0 Å². The van der Waals surface area contributed by atoms with Gasteiger partial charge >= 0.3 is 5.97 Å². The minimum Gasteiger partial charge on any atom is -0.479 e. The Morgan fingerprint density at radius 3 is 2.33 bits per heavy atom. The molecule has 1 rings (SSSR count). The summed E-state index contributed by atoms with van der Waals surface area (Å²) in [6.45, 7) is 3.17. The highest BCUT2D eigenvalue weighted by Crippen LogP contribution is 2.16. The molecule has 1 atom stereocenters. The summed E-state index contributed by atoms with van der Waals surface area (Å²) in [4.78, 5) is 12.6.